The van der Waals surface area contributed by atoms with Crippen LogP contribution in [0.25, 0.3) is 32.3 Å². The third-order valence-corrected chi connectivity index (χ3v) is 4.55. The number of benzene rings is 3. The summed E-state index contributed by atoms with van der Waals surface area (Å²) in [4.78, 5) is 0. The van der Waals surface area contributed by atoms with Gasteiger partial charge in [0.1, 0.15) is 0 Å². The minimum absolute atomic E-state index is 0.602. The van der Waals surface area contributed by atoms with E-state index in [1.165, 1.54) is 6.07 Å². The molecule has 0 aliphatic rings. The minimum Gasteiger partial charge on any atom is -0.166 e. The predicted molar refractivity (Wildman–Crippen MR) is 81.8 cm³/mol. The van der Waals surface area contributed by atoms with Crippen LogP contribution in [0.1, 0.15) is 5.56 Å². The number of hydrogen-bond acceptors (Lipinski definition) is 1. The van der Waals surface area contributed by atoms with Gasteiger partial charge >= 0.3 is 6.18 Å². The molecule has 0 N–H and O–H groups in total. The first-order valence-corrected chi connectivity index (χ1v) is 7.37. The zero-order valence-corrected chi connectivity index (χ0v) is 11.6. The number of hydrogen-bond donors (Lipinski definition) is 0. The predicted octanol–water partition coefficient (Wildman–Crippen LogP) is 6.23. The summed E-state index contributed by atoms with van der Waals surface area (Å²) in [6.07, 6.45) is -4.32. The fourth-order valence-electron chi connectivity index (χ4n) is 2.85. The molecule has 4 heteroatoms. The maximum Gasteiger partial charge on any atom is 0.416 e. The standard InChI is InChI=1S/C17H9F3S/c18-17(19,20)10-5-6-13-14(7-10)11-3-1-2-4-12(11)15-8-21-9-16(13)15/h1-9H. The van der Waals surface area contributed by atoms with Crippen molar-refractivity contribution < 1.29 is 13.2 Å². The topological polar surface area (TPSA) is 0 Å². The van der Waals surface area contributed by atoms with Gasteiger partial charge in [-0.15, -0.1) is 0 Å². The second-order valence-electron chi connectivity index (χ2n) is 5.00. The van der Waals surface area contributed by atoms with Crippen molar-refractivity contribution in [3.8, 4) is 0 Å². The lowest BCUT2D eigenvalue weighted by molar-refractivity contribution is -0.137. The molecular formula is C17H9F3S. The van der Waals surface area contributed by atoms with Crippen molar-refractivity contribution >= 4 is 43.7 Å². The van der Waals surface area contributed by atoms with E-state index in [-0.39, 0.29) is 0 Å². The van der Waals surface area contributed by atoms with Gasteiger partial charge in [0, 0.05) is 10.8 Å². The molecule has 0 bridgehead atoms. The number of alkyl halides is 3. The quantitative estimate of drug-likeness (QED) is 0.338. The molecule has 4 aromatic rings. The lowest BCUT2D eigenvalue weighted by Gasteiger charge is -2.11. The van der Waals surface area contributed by atoms with Crippen LogP contribution in [-0.4, -0.2) is 0 Å². The van der Waals surface area contributed by atoms with E-state index >= 15 is 0 Å². The van der Waals surface area contributed by atoms with Gasteiger partial charge in [0.15, 0.2) is 0 Å². The Morgan fingerprint density at radius 3 is 1.86 bits per heavy atom. The lowest BCUT2D eigenvalue weighted by Crippen LogP contribution is -2.04. The SMILES string of the molecule is FC(F)(F)c1ccc2c3cscc3c3ccccc3c2c1. The molecule has 104 valence electrons. The van der Waals surface area contributed by atoms with Crippen LogP contribution in [0.15, 0.2) is 53.2 Å². The van der Waals surface area contributed by atoms with Crippen molar-refractivity contribution in [2.45, 2.75) is 6.18 Å². The normalized spacial score (nSPS) is 12.5. The Morgan fingerprint density at radius 2 is 1.24 bits per heavy atom. The zero-order chi connectivity index (χ0) is 14.6. The summed E-state index contributed by atoms with van der Waals surface area (Å²) < 4.78 is 38.9. The Morgan fingerprint density at radius 1 is 0.667 bits per heavy atom. The number of fused-ring (bicyclic) bond motifs is 6. The van der Waals surface area contributed by atoms with Gasteiger partial charge < -0.3 is 0 Å². The third-order valence-electron chi connectivity index (χ3n) is 3.81. The maximum atomic E-state index is 13.0. The molecule has 3 aromatic carbocycles. The number of rotatable bonds is 0. The van der Waals surface area contributed by atoms with Gasteiger partial charge in [-0.3, -0.25) is 0 Å². The van der Waals surface area contributed by atoms with Gasteiger partial charge in [-0.05, 0) is 44.4 Å². The van der Waals surface area contributed by atoms with Gasteiger partial charge in [0.05, 0.1) is 5.56 Å². The molecule has 0 aliphatic heterocycles. The molecule has 1 heterocycles. The number of thiophene rings is 1. The molecule has 0 fully saturated rings. The second kappa shape index (κ2) is 4.21. The summed E-state index contributed by atoms with van der Waals surface area (Å²) in [6, 6.07) is 11.6. The molecule has 0 saturated carbocycles. The van der Waals surface area contributed by atoms with Crippen LogP contribution in [-0.2, 0) is 6.18 Å². The fourth-order valence-corrected chi connectivity index (χ4v) is 3.69. The van der Waals surface area contributed by atoms with E-state index in [1.807, 2.05) is 29.6 Å². The highest BCUT2D eigenvalue weighted by atomic mass is 32.1. The van der Waals surface area contributed by atoms with Crippen LogP contribution < -0.4 is 0 Å². The van der Waals surface area contributed by atoms with Crippen molar-refractivity contribution in [3.05, 3.63) is 58.8 Å². The largest absolute Gasteiger partial charge is 0.416 e. The van der Waals surface area contributed by atoms with Crippen molar-refractivity contribution in [3.63, 3.8) is 0 Å². The maximum absolute atomic E-state index is 13.0. The third kappa shape index (κ3) is 1.83. The van der Waals surface area contributed by atoms with E-state index in [9.17, 15) is 13.2 Å². The zero-order valence-electron chi connectivity index (χ0n) is 10.7. The van der Waals surface area contributed by atoms with Crippen LogP contribution in [0.2, 0.25) is 0 Å². The van der Waals surface area contributed by atoms with Gasteiger partial charge in [0.2, 0.25) is 0 Å². The van der Waals surface area contributed by atoms with Gasteiger partial charge in [0.25, 0.3) is 0 Å². The first-order chi connectivity index (χ1) is 10.1. The van der Waals surface area contributed by atoms with E-state index in [4.69, 9.17) is 0 Å². The molecular weight excluding hydrogens is 293 g/mol. The first kappa shape index (κ1) is 12.7. The molecule has 1 aromatic heterocycles. The Hall–Kier alpha value is -2.07. The highest BCUT2D eigenvalue weighted by Crippen LogP contribution is 2.39. The van der Waals surface area contributed by atoms with Crippen LogP contribution in [0.3, 0.4) is 0 Å². The summed E-state index contributed by atoms with van der Waals surface area (Å²) in [5, 5.41) is 9.56. The molecule has 4 rings (SSSR count). The summed E-state index contributed by atoms with van der Waals surface area (Å²) in [7, 11) is 0. The average Bonchev–Trinajstić information content (AvgIpc) is 2.96. The van der Waals surface area contributed by atoms with Crippen molar-refractivity contribution in [2.24, 2.45) is 0 Å². The molecule has 0 aliphatic carbocycles. The summed E-state index contributed by atoms with van der Waals surface area (Å²) in [5.41, 5.74) is -0.602. The van der Waals surface area contributed by atoms with E-state index in [0.717, 1.165) is 33.0 Å². The molecule has 0 saturated heterocycles. The fraction of sp³-hybridized carbons (Fsp3) is 0.0588. The Bertz CT molecular complexity index is 980. The van der Waals surface area contributed by atoms with E-state index in [0.29, 0.717) is 5.39 Å². The summed E-state index contributed by atoms with van der Waals surface area (Å²) >= 11 is 1.57. The molecule has 0 amide bonds. The van der Waals surface area contributed by atoms with E-state index in [2.05, 4.69) is 5.38 Å². The Labute approximate surface area is 122 Å². The van der Waals surface area contributed by atoms with Gasteiger partial charge in [-0.2, -0.15) is 24.5 Å². The van der Waals surface area contributed by atoms with Crippen LogP contribution in [0.4, 0.5) is 13.2 Å². The first-order valence-electron chi connectivity index (χ1n) is 6.43. The van der Waals surface area contributed by atoms with Gasteiger partial charge in [-0.25, -0.2) is 0 Å². The summed E-state index contributed by atoms with van der Waals surface area (Å²) in [6.45, 7) is 0. The molecule has 0 atom stereocenters. The molecule has 21 heavy (non-hydrogen) atoms. The van der Waals surface area contributed by atoms with Crippen LogP contribution >= 0.6 is 11.3 Å². The highest BCUT2D eigenvalue weighted by molar-refractivity contribution is 7.09. The van der Waals surface area contributed by atoms with E-state index in [1.54, 1.807) is 17.4 Å². The molecule has 0 nitrogen and oxygen atoms in total. The Kier molecular flexibility index (Phi) is 2.54. The average molecular weight is 302 g/mol. The van der Waals surface area contributed by atoms with Crippen molar-refractivity contribution in [1.29, 1.82) is 0 Å². The van der Waals surface area contributed by atoms with E-state index < -0.39 is 11.7 Å². The molecule has 0 radical (unpaired) electrons. The number of halogens is 3. The second-order valence-corrected chi connectivity index (χ2v) is 5.75. The Balaban J connectivity index is 2.26. The smallest absolute Gasteiger partial charge is 0.166 e. The molecule has 0 unspecified atom stereocenters. The minimum atomic E-state index is -4.32. The van der Waals surface area contributed by atoms with Crippen molar-refractivity contribution in [2.75, 3.05) is 0 Å². The molecule has 0 spiro atoms. The summed E-state index contributed by atoms with van der Waals surface area (Å²) in [5.74, 6) is 0. The van der Waals surface area contributed by atoms with Gasteiger partial charge in [-0.1, -0.05) is 30.3 Å². The van der Waals surface area contributed by atoms with Crippen molar-refractivity contribution in [1.82, 2.24) is 0 Å². The lowest BCUT2D eigenvalue weighted by atomic mass is 9.95. The van der Waals surface area contributed by atoms with Crippen LogP contribution in [0.5, 0.6) is 0 Å². The van der Waals surface area contributed by atoms with Crippen LogP contribution in [0, 0.1) is 0 Å². The monoisotopic (exact) mass is 302 g/mol. The highest BCUT2D eigenvalue weighted by Gasteiger charge is 2.30.